The number of fused-ring (bicyclic) bond motifs is 3. The summed E-state index contributed by atoms with van der Waals surface area (Å²) >= 11 is 0. The molecule has 0 spiro atoms. The van der Waals surface area contributed by atoms with E-state index in [0.29, 0.717) is 17.2 Å². The van der Waals surface area contributed by atoms with Crippen LogP contribution in [-0.4, -0.2) is 9.97 Å². The van der Waals surface area contributed by atoms with E-state index in [1.54, 1.807) is 12.1 Å². The monoisotopic (exact) mass is 293 g/mol. The van der Waals surface area contributed by atoms with E-state index in [1.165, 1.54) is 12.1 Å². The van der Waals surface area contributed by atoms with Crippen LogP contribution in [-0.2, 0) is 0 Å². The number of aromatic nitrogens is 2. The van der Waals surface area contributed by atoms with Gasteiger partial charge in [-0.25, -0.2) is 14.4 Å². The summed E-state index contributed by atoms with van der Waals surface area (Å²) in [5.41, 5.74) is 2.87. The predicted molar refractivity (Wildman–Crippen MR) is 83.7 cm³/mol. The molecular weight excluding hydrogens is 281 g/mol. The van der Waals surface area contributed by atoms with Gasteiger partial charge in [0.25, 0.3) is 0 Å². The third-order valence-corrected chi connectivity index (χ3v) is 3.44. The molecule has 0 bridgehead atoms. The van der Waals surface area contributed by atoms with Crippen LogP contribution in [0.25, 0.3) is 22.1 Å². The minimum atomic E-state index is -0.279. The van der Waals surface area contributed by atoms with E-state index in [9.17, 15) is 4.39 Å². The Bertz CT molecular complexity index is 976. The van der Waals surface area contributed by atoms with Gasteiger partial charge in [0, 0.05) is 11.1 Å². The van der Waals surface area contributed by atoms with E-state index in [1.807, 2.05) is 31.2 Å². The highest BCUT2D eigenvalue weighted by Crippen LogP contribution is 2.32. The zero-order valence-corrected chi connectivity index (χ0v) is 11.8. The Morgan fingerprint density at radius 1 is 1.00 bits per heavy atom. The predicted octanol–water partition coefficient (Wildman–Crippen LogP) is 4.57. The molecule has 2 heterocycles. The van der Waals surface area contributed by atoms with Crippen molar-refractivity contribution in [1.29, 1.82) is 0 Å². The number of nitrogens with one attached hydrogen (secondary N) is 1. The molecule has 0 aliphatic rings. The molecule has 0 aliphatic carbocycles. The summed E-state index contributed by atoms with van der Waals surface area (Å²) < 4.78 is 18.9. The number of halogens is 1. The molecule has 5 heteroatoms. The van der Waals surface area contributed by atoms with E-state index >= 15 is 0 Å². The first-order valence-corrected chi connectivity index (χ1v) is 6.89. The average Bonchev–Trinajstić information content (AvgIpc) is 2.89. The normalized spacial score (nSPS) is 11.2. The summed E-state index contributed by atoms with van der Waals surface area (Å²) in [4.78, 5) is 8.88. The van der Waals surface area contributed by atoms with Gasteiger partial charge in [-0.15, -0.1) is 0 Å². The molecule has 2 aromatic carbocycles. The summed E-state index contributed by atoms with van der Waals surface area (Å²) in [6.45, 7) is 1.83. The van der Waals surface area contributed by atoms with Crippen molar-refractivity contribution >= 4 is 33.6 Å². The van der Waals surface area contributed by atoms with Gasteiger partial charge in [-0.2, -0.15) is 0 Å². The topological polar surface area (TPSA) is 51.0 Å². The third kappa shape index (κ3) is 2.07. The lowest BCUT2D eigenvalue weighted by Gasteiger charge is -2.06. The van der Waals surface area contributed by atoms with Crippen LogP contribution >= 0.6 is 0 Å². The SMILES string of the molecule is Cc1nc(Nc2ccc(F)cc2)c2oc3ccccc3c2n1. The summed E-state index contributed by atoms with van der Waals surface area (Å²) in [5, 5.41) is 4.11. The summed E-state index contributed by atoms with van der Waals surface area (Å²) in [7, 11) is 0. The van der Waals surface area contributed by atoms with Gasteiger partial charge >= 0.3 is 0 Å². The lowest BCUT2D eigenvalue weighted by atomic mass is 10.2. The van der Waals surface area contributed by atoms with Gasteiger partial charge in [-0.3, -0.25) is 0 Å². The molecule has 4 rings (SSSR count). The third-order valence-electron chi connectivity index (χ3n) is 3.44. The highest BCUT2D eigenvalue weighted by Gasteiger charge is 2.14. The van der Waals surface area contributed by atoms with Crippen LogP contribution in [0.1, 0.15) is 5.82 Å². The van der Waals surface area contributed by atoms with E-state index in [-0.39, 0.29) is 5.82 Å². The minimum absolute atomic E-state index is 0.279. The molecule has 108 valence electrons. The summed E-state index contributed by atoms with van der Waals surface area (Å²) in [6, 6.07) is 13.8. The van der Waals surface area contributed by atoms with E-state index in [2.05, 4.69) is 15.3 Å². The van der Waals surface area contributed by atoms with Gasteiger partial charge in [-0.1, -0.05) is 12.1 Å². The molecule has 0 unspecified atom stereocenters. The Balaban J connectivity index is 1.91. The van der Waals surface area contributed by atoms with Gasteiger partial charge in [0.05, 0.1) is 0 Å². The van der Waals surface area contributed by atoms with Crippen molar-refractivity contribution in [2.45, 2.75) is 6.92 Å². The minimum Gasteiger partial charge on any atom is -0.450 e. The summed E-state index contributed by atoms with van der Waals surface area (Å²) in [6.07, 6.45) is 0. The van der Waals surface area contributed by atoms with Crippen LogP contribution in [0.4, 0.5) is 15.9 Å². The van der Waals surface area contributed by atoms with Gasteiger partial charge in [0.2, 0.25) is 0 Å². The Hall–Kier alpha value is -2.95. The second kappa shape index (κ2) is 4.80. The molecular formula is C17H12FN3O. The number of nitrogens with zero attached hydrogens (tertiary/aromatic N) is 2. The van der Waals surface area contributed by atoms with Gasteiger partial charge < -0.3 is 9.73 Å². The zero-order valence-electron chi connectivity index (χ0n) is 11.8. The van der Waals surface area contributed by atoms with Crippen LogP contribution in [0.3, 0.4) is 0 Å². The first kappa shape index (κ1) is 12.8. The van der Waals surface area contributed by atoms with Crippen molar-refractivity contribution in [3.63, 3.8) is 0 Å². The Morgan fingerprint density at radius 2 is 1.77 bits per heavy atom. The molecule has 0 amide bonds. The van der Waals surface area contributed by atoms with Crippen molar-refractivity contribution in [2.24, 2.45) is 0 Å². The molecule has 0 radical (unpaired) electrons. The lowest BCUT2D eigenvalue weighted by Crippen LogP contribution is -1.97. The number of anilines is 2. The van der Waals surface area contributed by atoms with E-state index in [4.69, 9.17) is 4.42 Å². The van der Waals surface area contributed by atoms with E-state index in [0.717, 1.165) is 22.2 Å². The number of hydrogen-bond donors (Lipinski definition) is 1. The Kier molecular flexibility index (Phi) is 2.79. The fourth-order valence-corrected chi connectivity index (χ4v) is 2.46. The number of benzene rings is 2. The second-order valence-electron chi connectivity index (χ2n) is 5.03. The van der Waals surface area contributed by atoms with Crippen LogP contribution < -0.4 is 5.32 Å². The number of para-hydroxylation sites is 1. The molecule has 0 saturated heterocycles. The molecule has 4 nitrogen and oxygen atoms in total. The fraction of sp³-hybridized carbons (Fsp3) is 0.0588. The molecule has 0 atom stereocenters. The highest BCUT2D eigenvalue weighted by molar-refractivity contribution is 6.06. The number of rotatable bonds is 2. The fourth-order valence-electron chi connectivity index (χ4n) is 2.46. The maximum atomic E-state index is 13.0. The number of hydrogen-bond acceptors (Lipinski definition) is 4. The quantitative estimate of drug-likeness (QED) is 0.588. The van der Waals surface area contributed by atoms with Crippen LogP contribution in [0.5, 0.6) is 0 Å². The van der Waals surface area contributed by atoms with Gasteiger partial charge in [-0.05, 0) is 43.3 Å². The van der Waals surface area contributed by atoms with Crippen molar-refractivity contribution < 1.29 is 8.81 Å². The van der Waals surface area contributed by atoms with Crippen molar-refractivity contribution in [3.8, 4) is 0 Å². The highest BCUT2D eigenvalue weighted by atomic mass is 19.1. The van der Waals surface area contributed by atoms with Crippen LogP contribution in [0.15, 0.2) is 52.9 Å². The Labute approximate surface area is 125 Å². The lowest BCUT2D eigenvalue weighted by molar-refractivity contribution is 0.628. The van der Waals surface area contributed by atoms with Crippen molar-refractivity contribution in [3.05, 3.63) is 60.2 Å². The standard InChI is InChI=1S/C17H12FN3O/c1-10-19-15-13-4-2-3-5-14(13)22-16(15)17(20-10)21-12-8-6-11(18)7-9-12/h2-9H,1H3,(H,19,20,21). The molecule has 22 heavy (non-hydrogen) atoms. The molecule has 0 saturated carbocycles. The van der Waals surface area contributed by atoms with Crippen LogP contribution in [0.2, 0.25) is 0 Å². The van der Waals surface area contributed by atoms with Gasteiger partial charge in [0.1, 0.15) is 22.7 Å². The zero-order chi connectivity index (χ0) is 15.1. The maximum absolute atomic E-state index is 13.0. The van der Waals surface area contributed by atoms with Crippen molar-refractivity contribution in [1.82, 2.24) is 9.97 Å². The molecule has 0 aliphatic heterocycles. The first-order chi connectivity index (χ1) is 10.7. The van der Waals surface area contributed by atoms with Crippen molar-refractivity contribution in [2.75, 3.05) is 5.32 Å². The number of furan rings is 1. The van der Waals surface area contributed by atoms with Gasteiger partial charge in [0.15, 0.2) is 11.4 Å². The average molecular weight is 293 g/mol. The smallest absolute Gasteiger partial charge is 0.196 e. The molecule has 1 N–H and O–H groups in total. The molecule has 4 aromatic rings. The largest absolute Gasteiger partial charge is 0.450 e. The van der Waals surface area contributed by atoms with E-state index < -0.39 is 0 Å². The van der Waals surface area contributed by atoms with Crippen LogP contribution in [0, 0.1) is 12.7 Å². The molecule has 0 fully saturated rings. The Morgan fingerprint density at radius 3 is 2.59 bits per heavy atom. The second-order valence-corrected chi connectivity index (χ2v) is 5.03. The maximum Gasteiger partial charge on any atom is 0.196 e. The first-order valence-electron chi connectivity index (χ1n) is 6.89. The molecule has 2 aromatic heterocycles. The number of aryl methyl sites for hydroxylation is 1. The summed E-state index contributed by atoms with van der Waals surface area (Å²) in [5.74, 6) is 0.937.